The Kier molecular flexibility index (Phi) is 63.8. The quantitative estimate of drug-likeness (QED) is 0.0261. The predicted octanol–water partition coefficient (Wildman–Crippen LogP) is 23.2. The van der Waals surface area contributed by atoms with Crippen LogP contribution in [0.4, 0.5) is 0 Å². The largest absolute Gasteiger partial charge is 0.462 e. The Hall–Kier alpha value is -4.19. The smallest absolute Gasteiger partial charge is 0.306 e. The fourth-order valence-corrected chi connectivity index (χ4v) is 9.20. The van der Waals surface area contributed by atoms with Gasteiger partial charge in [-0.05, 0) is 116 Å². The highest BCUT2D eigenvalue weighted by Gasteiger charge is 2.19. The highest BCUT2D eigenvalue weighted by atomic mass is 16.6. The standard InChI is InChI=1S/C74H124O6/c1-4-7-10-13-16-19-22-25-28-30-31-32-33-34-35-36-37-38-39-40-41-42-43-45-46-49-52-55-58-61-64-67-73(76)79-70-71(69-78-72(75)66-63-60-57-54-51-48-27-24-21-18-15-12-9-6-3)80-74(77)68-65-62-59-56-53-50-47-44-29-26-23-20-17-14-11-8-5-2/h7,10,16,19,24-25,27-28,31-32,34-35,37-38,40-41,43,45,49,52,71H,4-6,8-9,11-15,17-18,20-23,26,29-30,33,36,39,42,44,46-48,50-51,53-70H2,1-3H3/b10-7-,19-16-,27-24-,28-25-,32-31-,35-34-,38-37-,41-40-,45-43-,52-49-. The van der Waals surface area contributed by atoms with Crippen molar-refractivity contribution in [3.63, 3.8) is 0 Å². The third-order valence-electron chi connectivity index (χ3n) is 14.2. The Morgan fingerprint density at radius 3 is 0.787 bits per heavy atom. The van der Waals surface area contributed by atoms with Crippen molar-refractivity contribution >= 4 is 17.9 Å². The maximum Gasteiger partial charge on any atom is 0.306 e. The zero-order chi connectivity index (χ0) is 57.8. The summed E-state index contributed by atoms with van der Waals surface area (Å²) in [5, 5.41) is 0. The maximum absolute atomic E-state index is 12.9. The lowest BCUT2D eigenvalue weighted by atomic mass is 10.0. The van der Waals surface area contributed by atoms with E-state index in [0.717, 1.165) is 128 Å². The van der Waals surface area contributed by atoms with Crippen molar-refractivity contribution in [2.45, 2.75) is 316 Å². The molecule has 0 spiro atoms. The van der Waals surface area contributed by atoms with Crippen LogP contribution in [-0.2, 0) is 28.6 Å². The van der Waals surface area contributed by atoms with Gasteiger partial charge in [-0.1, -0.05) is 296 Å². The highest BCUT2D eigenvalue weighted by molar-refractivity contribution is 5.71. The molecule has 0 heterocycles. The van der Waals surface area contributed by atoms with Crippen molar-refractivity contribution < 1.29 is 28.6 Å². The molecule has 0 saturated carbocycles. The fourth-order valence-electron chi connectivity index (χ4n) is 9.20. The molecule has 0 saturated heterocycles. The minimum absolute atomic E-state index is 0.0921. The van der Waals surface area contributed by atoms with Crippen LogP contribution < -0.4 is 0 Å². The summed E-state index contributed by atoms with van der Waals surface area (Å²) < 4.78 is 16.9. The molecule has 0 fully saturated rings. The number of esters is 3. The molecule has 0 aliphatic heterocycles. The van der Waals surface area contributed by atoms with Crippen LogP contribution in [0.3, 0.4) is 0 Å². The topological polar surface area (TPSA) is 78.9 Å². The van der Waals surface area contributed by atoms with Crippen LogP contribution in [0.2, 0.25) is 0 Å². The van der Waals surface area contributed by atoms with E-state index in [1.807, 2.05) is 0 Å². The third kappa shape index (κ3) is 64.6. The summed E-state index contributed by atoms with van der Waals surface area (Å²) in [5.41, 5.74) is 0. The van der Waals surface area contributed by atoms with E-state index in [-0.39, 0.29) is 31.1 Å². The average Bonchev–Trinajstić information content (AvgIpc) is 3.46. The molecule has 0 rings (SSSR count). The second-order valence-corrected chi connectivity index (χ2v) is 22.0. The Morgan fingerprint density at radius 1 is 0.263 bits per heavy atom. The third-order valence-corrected chi connectivity index (χ3v) is 14.2. The van der Waals surface area contributed by atoms with Crippen LogP contribution in [0.15, 0.2) is 122 Å². The van der Waals surface area contributed by atoms with E-state index in [4.69, 9.17) is 14.2 Å². The average molecular weight is 1110 g/mol. The Bertz CT molecular complexity index is 1650. The van der Waals surface area contributed by atoms with Crippen LogP contribution in [0.25, 0.3) is 0 Å². The van der Waals surface area contributed by atoms with Crippen molar-refractivity contribution in [2.24, 2.45) is 0 Å². The summed E-state index contributed by atoms with van der Waals surface area (Å²) >= 11 is 0. The molecule has 0 radical (unpaired) electrons. The highest BCUT2D eigenvalue weighted by Crippen LogP contribution is 2.16. The van der Waals surface area contributed by atoms with Crippen LogP contribution in [0.1, 0.15) is 310 Å². The molecule has 0 aromatic rings. The van der Waals surface area contributed by atoms with E-state index in [2.05, 4.69) is 142 Å². The van der Waals surface area contributed by atoms with Gasteiger partial charge in [0, 0.05) is 19.3 Å². The van der Waals surface area contributed by atoms with E-state index in [0.29, 0.717) is 19.3 Å². The van der Waals surface area contributed by atoms with Gasteiger partial charge in [0.15, 0.2) is 6.10 Å². The molecule has 0 N–H and O–H groups in total. The van der Waals surface area contributed by atoms with Crippen LogP contribution in [0.5, 0.6) is 0 Å². The number of carbonyl (C=O) groups excluding carboxylic acids is 3. The summed E-state index contributed by atoms with van der Waals surface area (Å²) in [7, 11) is 0. The lowest BCUT2D eigenvalue weighted by Crippen LogP contribution is -2.30. The van der Waals surface area contributed by atoms with Gasteiger partial charge < -0.3 is 14.2 Å². The van der Waals surface area contributed by atoms with Crippen molar-refractivity contribution in [1.82, 2.24) is 0 Å². The molecule has 1 unspecified atom stereocenters. The Labute approximate surface area is 494 Å². The first-order valence-electron chi connectivity index (χ1n) is 33.5. The summed E-state index contributed by atoms with van der Waals surface area (Å²) in [6.07, 6.45) is 93.5. The van der Waals surface area contributed by atoms with Crippen LogP contribution >= 0.6 is 0 Å². The molecule has 6 heteroatoms. The number of rotatable bonds is 60. The summed E-state index contributed by atoms with van der Waals surface area (Å²) in [6.45, 7) is 6.51. The van der Waals surface area contributed by atoms with Gasteiger partial charge in [0.25, 0.3) is 0 Å². The molecule has 0 aliphatic rings. The van der Waals surface area contributed by atoms with Gasteiger partial charge in [-0.15, -0.1) is 0 Å². The SMILES string of the molecule is CC/C=C\C/C=C\C/C=C\C/C=C\C/C=C\C/C=C\C/C=C\C/C=C\C/C=C\CCCCCC(=O)OCC(COC(=O)CCCCCCC/C=C\CCCCCCC)OC(=O)CCCCCCCCCCCCCCCCCCC. The molecule has 0 bridgehead atoms. The molecule has 456 valence electrons. The van der Waals surface area contributed by atoms with Gasteiger partial charge in [-0.2, -0.15) is 0 Å². The molecule has 0 amide bonds. The van der Waals surface area contributed by atoms with Gasteiger partial charge >= 0.3 is 17.9 Å². The fraction of sp³-hybridized carbons (Fsp3) is 0.689. The number of hydrogen-bond acceptors (Lipinski definition) is 6. The summed E-state index contributed by atoms with van der Waals surface area (Å²) in [6, 6.07) is 0. The molecule has 0 aromatic heterocycles. The van der Waals surface area contributed by atoms with Crippen molar-refractivity contribution in [1.29, 1.82) is 0 Å². The van der Waals surface area contributed by atoms with Gasteiger partial charge in [-0.25, -0.2) is 0 Å². The zero-order valence-electron chi connectivity index (χ0n) is 52.3. The van der Waals surface area contributed by atoms with Gasteiger partial charge in [-0.3, -0.25) is 14.4 Å². The second kappa shape index (κ2) is 67.3. The first-order chi connectivity index (χ1) is 39.5. The lowest BCUT2D eigenvalue weighted by Gasteiger charge is -2.18. The molecular weight excluding hydrogens is 985 g/mol. The Balaban J connectivity index is 4.38. The number of allylic oxidation sites excluding steroid dienone is 20. The lowest BCUT2D eigenvalue weighted by molar-refractivity contribution is -0.167. The van der Waals surface area contributed by atoms with Crippen LogP contribution in [-0.4, -0.2) is 37.2 Å². The first kappa shape index (κ1) is 75.8. The predicted molar refractivity (Wildman–Crippen MR) is 348 cm³/mol. The molecule has 1 atom stereocenters. The second-order valence-electron chi connectivity index (χ2n) is 22.0. The molecular formula is C74H124O6. The molecule has 0 aliphatic carbocycles. The van der Waals surface area contributed by atoms with E-state index >= 15 is 0 Å². The van der Waals surface area contributed by atoms with Gasteiger partial charge in [0.05, 0.1) is 0 Å². The minimum Gasteiger partial charge on any atom is -0.462 e. The van der Waals surface area contributed by atoms with E-state index in [1.54, 1.807) is 0 Å². The number of ether oxygens (including phenoxy) is 3. The molecule has 0 aromatic carbocycles. The molecule has 6 nitrogen and oxygen atoms in total. The van der Waals surface area contributed by atoms with Gasteiger partial charge in [0.1, 0.15) is 13.2 Å². The van der Waals surface area contributed by atoms with Crippen molar-refractivity contribution in [2.75, 3.05) is 13.2 Å². The number of hydrogen-bond donors (Lipinski definition) is 0. The van der Waals surface area contributed by atoms with E-state index in [9.17, 15) is 14.4 Å². The molecule has 80 heavy (non-hydrogen) atoms. The van der Waals surface area contributed by atoms with Crippen molar-refractivity contribution in [3.8, 4) is 0 Å². The normalized spacial score (nSPS) is 12.9. The zero-order valence-corrected chi connectivity index (χ0v) is 52.3. The summed E-state index contributed by atoms with van der Waals surface area (Å²) in [4.78, 5) is 38.3. The Morgan fingerprint density at radius 2 is 0.487 bits per heavy atom. The van der Waals surface area contributed by atoms with E-state index < -0.39 is 6.10 Å². The number of carbonyl (C=O) groups is 3. The first-order valence-corrected chi connectivity index (χ1v) is 33.5. The summed E-state index contributed by atoms with van der Waals surface area (Å²) in [5.74, 6) is -0.925. The maximum atomic E-state index is 12.9. The van der Waals surface area contributed by atoms with Crippen molar-refractivity contribution in [3.05, 3.63) is 122 Å². The minimum atomic E-state index is -0.797. The van der Waals surface area contributed by atoms with Gasteiger partial charge in [0.2, 0.25) is 0 Å². The van der Waals surface area contributed by atoms with E-state index in [1.165, 1.54) is 141 Å². The van der Waals surface area contributed by atoms with Crippen LogP contribution in [0, 0.1) is 0 Å². The number of unbranched alkanes of at least 4 members (excludes halogenated alkanes) is 29. The monoisotopic (exact) mass is 1110 g/mol.